The molecule has 1 saturated carbocycles. The molecule has 74 valence electrons. The van der Waals surface area contributed by atoms with Crippen molar-refractivity contribution in [2.24, 2.45) is 5.92 Å². The van der Waals surface area contributed by atoms with E-state index in [-0.39, 0.29) is 5.54 Å². The van der Waals surface area contributed by atoms with Gasteiger partial charge in [-0.05, 0) is 44.6 Å². The van der Waals surface area contributed by atoms with Crippen molar-refractivity contribution < 1.29 is 5.11 Å². The lowest BCUT2D eigenvalue weighted by Crippen LogP contribution is -2.44. The highest BCUT2D eigenvalue weighted by molar-refractivity contribution is 5.09. The lowest BCUT2D eigenvalue weighted by molar-refractivity contribution is 0.0764. The normalized spacial score (nSPS) is 49.6. The summed E-state index contributed by atoms with van der Waals surface area (Å²) in [7, 11) is 0. The molecule has 2 heteroatoms. The Labute approximate surface area is 79.9 Å². The third kappa shape index (κ3) is 0.962. The summed E-state index contributed by atoms with van der Waals surface area (Å²) in [6, 6.07) is 0.842. The second kappa shape index (κ2) is 2.71. The zero-order valence-corrected chi connectivity index (χ0v) is 8.21. The maximum absolute atomic E-state index is 9.54. The highest BCUT2D eigenvalue weighted by Crippen LogP contribution is 2.50. The van der Waals surface area contributed by atoms with Gasteiger partial charge in [-0.1, -0.05) is 6.42 Å². The van der Waals surface area contributed by atoms with Crippen LogP contribution in [-0.4, -0.2) is 34.7 Å². The first-order chi connectivity index (χ1) is 6.36. The van der Waals surface area contributed by atoms with Crippen LogP contribution in [0.3, 0.4) is 0 Å². The first-order valence-corrected chi connectivity index (χ1v) is 5.73. The van der Waals surface area contributed by atoms with E-state index >= 15 is 0 Å². The molecule has 1 aliphatic carbocycles. The number of hydrogen-bond acceptors (Lipinski definition) is 2. The summed E-state index contributed by atoms with van der Waals surface area (Å²) in [6.07, 6.45) is 8.08. The van der Waals surface area contributed by atoms with Crippen LogP contribution in [0.5, 0.6) is 0 Å². The molecule has 0 amide bonds. The van der Waals surface area contributed by atoms with Gasteiger partial charge in [0.25, 0.3) is 0 Å². The molecule has 0 aromatic carbocycles. The molecule has 13 heavy (non-hydrogen) atoms. The quantitative estimate of drug-likeness (QED) is 0.660. The largest absolute Gasteiger partial charge is 0.394 e. The van der Waals surface area contributed by atoms with Gasteiger partial charge in [0.1, 0.15) is 0 Å². The van der Waals surface area contributed by atoms with Crippen molar-refractivity contribution >= 4 is 0 Å². The molecule has 3 rings (SSSR count). The highest BCUT2D eigenvalue weighted by Gasteiger charge is 2.54. The highest BCUT2D eigenvalue weighted by atomic mass is 16.3. The van der Waals surface area contributed by atoms with Crippen LogP contribution in [0, 0.1) is 5.92 Å². The molecule has 2 saturated heterocycles. The standard InChI is InChI=1S/C11H19NO/c13-8-11-5-2-6-12(11)10-4-1-3-9(10)7-11/h9-10,13H,1-8H2/t9-,10-,11+/m0/s1. The van der Waals surface area contributed by atoms with Gasteiger partial charge in [0, 0.05) is 11.6 Å². The smallest absolute Gasteiger partial charge is 0.0615 e. The summed E-state index contributed by atoms with van der Waals surface area (Å²) < 4.78 is 0. The zero-order valence-electron chi connectivity index (χ0n) is 8.21. The second-order valence-electron chi connectivity index (χ2n) is 5.14. The Morgan fingerprint density at radius 2 is 2.23 bits per heavy atom. The minimum atomic E-state index is 0.232. The summed E-state index contributed by atoms with van der Waals surface area (Å²) in [5, 5.41) is 9.54. The number of nitrogens with zero attached hydrogens (tertiary/aromatic N) is 1. The van der Waals surface area contributed by atoms with E-state index in [0.717, 1.165) is 12.0 Å². The summed E-state index contributed by atoms with van der Waals surface area (Å²) in [6.45, 7) is 1.65. The van der Waals surface area contributed by atoms with E-state index in [0.29, 0.717) is 6.61 Å². The van der Waals surface area contributed by atoms with Crippen LogP contribution in [-0.2, 0) is 0 Å². The van der Waals surface area contributed by atoms with Gasteiger partial charge in [-0.15, -0.1) is 0 Å². The molecule has 3 aliphatic rings. The molecular weight excluding hydrogens is 162 g/mol. The monoisotopic (exact) mass is 181 g/mol. The second-order valence-corrected chi connectivity index (χ2v) is 5.14. The van der Waals surface area contributed by atoms with Gasteiger partial charge >= 0.3 is 0 Å². The molecule has 3 fully saturated rings. The third-order valence-electron chi connectivity index (χ3n) is 4.61. The minimum absolute atomic E-state index is 0.232. The van der Waals surface area contributed by atoms with Crippen molar-refractivity contribution in [3.8, 4) is 0 Å². The molecule has 0 spiro atoms. The minimum Gasteiger partial charge on any atom is -0.394 e. The lowest BCUT2D eigenvalue weighted by atomic mass is 9.90. The number of hydrogen-bond donors (Lipinski definition) is 1. The predicted octanol–water partition coefficient (Wildman–Crippen LogP) is 1.39. The Kier molecular flexibility index (Phi) is 1.72. The average molecular weight is 181 g/mol. The molecule has 0 radical (unpaired) electrons. The molecule has 0 aromatic rings. The molecule has 1 N–H and O–H groups in total. The Morgan fingerprint density at radius 1 is 1.31 bits per heavy atom. The van der Waals surface area contributed by atoms with E-state index in [1.54, 1.807) is 0 Å². The van der Waals surface area contributed by atoms with Crippen molar-refractivity contribution in [1.29, 1.82) is 0 Å². The first-order valence-electron chi connectivity index (χ1n) is 5.73. The van der Waals surface area contributed by atoms with Crippen molar-refractivity contribution in [3.05, 3.63) is 0 Å². The Balaban J connectivity index is 1.89. The van der Waals surface area contributed by atoms with Gasteiger partial charge in [0.15, 0.2) is 0 Å². The molecule has 2 aliphatic heterocycles. The number of aliphatic hydroxyl groups is 1. The Morgan fingerprint density at radius 3 is 3.08 bits per heavy atom. The summed E-state index contributed by atoms with van der Waals surface area (Å²) in [4.78, 5) is 2.64. The molecule has 0 bridgehead atoms. The van der Waals surface area contributed by atoms with E-state index in [1.165, 1.54) is 45.1 Å². The van der Waals surface area contributed by atoms with Crippen LogP contribution >= 0.6 is 0 Å². The average Bonchev–Trinajstić information content (AvgIpc) is 2.72. The molecule has 2 nitrogen and oxygen atoms in total. The van der Waals surface area contributed by atoms with Gasteiger partial charge in [-0.2, -0.15) is 0 Å². The van der Waals surface area contributed by atoms with Crippen molar-refractivity contribution in [2.45, 2.75) is 50.1 Å². The fraction of sp³-hybridized carbons (Fsp3) is 1.00. The fourth-order valence-electron chi connectivity index (χ4n) is 4.08. The van der Waals surface area contributed by atoms with Gasteiger partial charge in [-0.25, -0.2) is 0 Å². The molecule has 3 atom stereocenters. The third-order valence-corrected chi connectivity index (χ3v) is 4.61. The van der Waals surface area contributed by atoms with Crippen molar-refractivity contribution in [2.75, 3.05) is 13.2 Å². The van der Waals surface area contributed by atoms with Crippen molar-refractivity contribution in [3.63, 3.8) is 0 Å². The number of aliphatic hydroxyl groups excluding tert-OH is 1. The van der Waals surface area contributed by atoms with Gasteiger partial charge in [0.2, 0.25) is 0 Å². The van der Waals surface area contributed by atoms with Gasteiger partial charge < -0.3 is 5.11 Å². The van der Waals surface area contributed by atoms with Crippen LogP contribution in [0.25, 0.3) is 0 Å². The van der Waals surface area contributed by atoms with E-state index in [2.05, 4.69) is 4.90 Å². The maximum atomic E-state index is 9.54. The molecule has 0 aromatic heterocycles. The maximum Gasteiger partial charge on any atom is 0.0615 e. The van der Waals surface area contributed by atoms with Gasteiger partial charge in [-0.3, -0.25) is 4.90 Å². The molecule has 0 unspecified atom stereocenters. The predicted molar refractivity (Wildman–Crippen MR) is 51.5 cm³/mol. The summed E-state index contributed by atoms with van der Waals surface area (Å²) >= 11 is 0. The Hall–Kier alpha value is -0.0800. The zero-order chi connectivity index (χ0) is 8.89. The first kappa shape index (κ1) is 8.25. The fourth-order valence-corrected chi connectivity index (χ4v) is 4.08. The van der Waals surface area contributed by atoms with Crippen LogP contribution in [0.1, 0.15) is 38.5 Å². The number of rotatable bonds is 1. The van der Waals surface area contributed by atoms with Crippen LogP contribution in [0.4, 0.5) is 0 Å². The number of fused-ring (bicyclic) bond motifs is 3. The van der Waals surface area contributed by atoms with E-state index < -0.39 is 0 Å². The van der Waals surface area contributed by atoms with E-state index in [9.17, 15) is 5.11 Å². The SMILES string of the molecule is OC[C@]12CCCN1[C@H]1CCC[C@H]1C2. The Bertz CT molecular complexity index is 218. The molecule has 2 heterocycles. The van der Waals surface area contributed by atoms with E-state index in [1.807, 2.05) is 0 Å². The summed E-state index contributed by atoms with van der Waals surface area (Å²) in [5.41, 5.74) is 0.232. The summed E-state index contributed by atoms with van der Waals surface area (Å²) in [5.74, 6) is 0.924. The van der Waals surface area contributed by atoms with Crippen molar-refractivity contribution in [1.82, 2.24) is 4.90 Å². The van der Waals surface area contributed by atoms with Crippen LogP contribution < -0.4 is 0 Å². The van der Waals surface area contributed by atoms with Crippen LogP contribution in [0.2, 0.25) is 0 Å². The topological polar surface area (TPSA) is 23.5 Å². The van der Waals surface area contributed by atoms with E-state index in [4.69, 9.17) is 0 Å². The van der Waals surface area contributed by atoms with Gasteiger partial charge in [0.05, 0.1) is 6.61 Å². The molecular formula is C11H19NO. The van der Waals surface area contributed by atoms with Crippen LogP contribution in [0.15, 0.2) is 0 Å². The lowest BCUT2D eigenvalue weighted by Gasteiger charge is -2.33.